The highest BCUT2D eigenvalue weighted by Crippen LogP contribution is 2.45. The minimum atomic E-state index is -4.52. The summed E-state index contributed by atoms with van der Waals surface area (Å²) in [5.41, 5.74) is 7.05. The van der Waals surface area contributed by atoms with E-state index in [-0.39, 0.29) is 29.4 Å². The summed E-state index contributed by atoms with van der Waals surface area (Å²) >= 11 is 5.88. The first kappa shape index (κ1) is 30.6. The molecule has 0 spiro atoms. The van der Waals surface area contributed by atoms with Crippen LogP contribution in [0.4, 0.5) is 19.0 Å². The van der Waals surface area contributed by atoms with Gasteiger partial charge >= 0.3 is 6.18 Å². The number of nitrogens with one attached hydrogen (secondary N) is 1. The van der Waals surface area contributed by atoms with Gasteiger partial charge in [-0.05, 0) is 65.0 Å². The number of nitrogen functional groups attached to an aromatic ring is 1. The Bertz CT molecular complexity index is 1720. The molecule has 45 heavy (non-hydrogen) atoms. The molecule has 1 aliphatic carbocycles. The van der Waals surface area contributed by atoms with E-state index in [4.69, 9.17) is 31.5 Å². The molecule has 0 bridgehead atoms. The maximum atomic E-state index is 13.3. The first-order valence-corrected chi connectivity index (χ1v) is 15.6. The number of rotatable bonds is 8. The number of halogens is 4. The standard InChI is InChI=1S/C30H36ClF3N8O3/c1-14(2)41(16-7-15(8-16)5-6-22-39-19-9-17(30(32,33)34)18(31)10-20(19)40-22)11-21-24-25(45-29(3,4)44-24)28(43-21)42-13-38-23-26(35)36-12-37-27(23)42/h9-10,12-16,21,24-25,28H,5-8,11H2,1-4H3,(H,39,40)(H2,35,36,37)/t15-,16+,21-,24-,25-,28?/m1/s1. The number of nitrogens with two attached hydrogens (primary N) is 1. The van der Waals surface area contributed by atoms with Gasteiger partial charge in [-0.15, -0.1) is 0 Å². The number of H-pyrrole nitrogens is 1. The molecule has 5 heterocycles. The van der Waals surface area contributed by atoms with Crippen molar-refractivity contribution in [3.8, 4) is 0 Å². The third-order valence-electron chi connectivity index (χ3n) is 9.23. The lowest BCUT2D eigenvalue weighted by Gasteiger charge is -2.46. The minimum Gasteiger partial charge on any atom is -0.382 e. The van der Waals surface area contributed by atoms with Crippen LogP contribution in [0.15, 0.2) is 24.8 Å². The fourth-order valence-electron chi connectivity index (χ4n) is 7.04. The second-order valence-electron chi connectivity index (χ2n) is 13.1. The van der Waals surface area contributed by atoms with Gasteiger partial charge in [-0.25, -0.2) is 19.9 Å². The van der Waals surface area contributed by atoms with Crippen LogP contribution in [0.25, 0.3) is 22.2 Å². The number of aromatic amines is 1. The zero-order valence-corrected chi connectivity index (χ0v) is 26.1. The summed E-state index contributed by atoms with van der Waals surface area (Å²) in [6.45, 7) is 8.86. The van der Waals surface area contributed by atoms with Gasteiger partial charge in [0.15, 0.2) is 23.5 Å². The highest BCUT2D eigenvalue weighted by atomic mass is 35.5. The Morgan fingerprint density at radius 3 is 2.64 bits per heavy atom. The smallest absolute Gasteiger partial charge is 0.382 e. The van der Waals surface area contributed by atoms with Gasteiger partial charge in [0.2, 0.25) is 0 Å². The predicted molar refractivity (Wildman–Crippen MR) is 160 cm³/mol. The number of aromatic nitrogens is 6. The maximum Gasteiger partial charge on any atom is 0.417 e. The van der Waals surface area contributed by atoms with Gasteiger partial charge in [0.25, 0.3) is 0 Å². The first-order chi connectivity index (χ1) is 21.3. The summed E-state index contributed by atoms with van der Waals surface area (Å²) in [4.78, 5) is 22.9. The van der Waals surface area contributed by atoms with Gasteiger partial charge in [-0.3, -0.25) is 9.47 Å². The maximum absolute atomic E-state index is 13.3. The number of imidazole rings is 2. The Hall–Kier alpha value is -3.04. The van der Waals surface area contributed by atoms with E-state index in [2.05, 4.69) is 43.7 Å². The largest absolute Gasteiger partial charge is 0.417 e. The molecule has 4 aromatic rings. The summed E-state index contributed by atoms with van der Waals surface area (Å²) in [5, 5.41) is -0.345. The van der Waals surface area contributed by atoms with Crippen LogP contribution in [0, 0.1) is 5.92 Å². The average Bonchev–Trinajstić information content (AvgIpc) is 3.67. The molecule has 4 atom stereocenters. The van der Waals surface area contributed by atoms with E-state index >= 15 is 0 Å². The monoisotopic (exact) mass is 648 g/mol. The molecule has 0 radical (unpaired) electrons. The molecular formula is C30H36ClF3N8O3. The fraction of sp³-hybridized carbons (Fsp3) is 0.600. The van der Waals surface area contributed by atoms with Crippen molar-refractivity contribution in [2.75, 3.05) is 12.3 Å². The normalized spacial score (nSPS) is 28.0. The summed E-state index contributed by atoms with van der Waals surface area (Å²) in [6, 6.07) is 2.96. The van der Waals surface area contributed by atoms with Crippen LogP contribution < -0.4 is 5.73 Å². The molecule has 1 saturated carbocycles. The van der Waals surface area contributed by atoms with E-state index in [0.29, 0.717) is 58.8 Å². The van der Waals surface area contributed by atoms with E-state index in [9.17, 15) is 13.2 Å². The van der Waals surface area contributed by atoms with Gasteiger partial charge in [0, 0.05) is 25.0 Å². The number of ether oxygens (including phenoxy) is 3. The second kappa shape index (κ2) is 11.0. The number of alkyl halides is 3. The van der Waals surface area contributed by atoms with E-state index < -0.39 is 23.8 Å². The number of fused-ring (bicyclic) bond motifs is 3. The van der Waals surface area contributed by atoms with Crippen LogP contribution in [0.1, 0.15) is 64.6 Å². The van der Waals surface area contributed by atoms with Gasteiger partial charge in [-0.2, -0.15) is 13.2 Å². The van der Waals surface area contributed by atoms with Crippen molar-refractivity contribution in [2.45, 2.75) is 102 Å². The molecule has 2 saturated heterocycles. The molecule has 3 aliphatic rings. The van der Waals surface area contributed by atoms with Crippen LogP contribution in [0.2, 0.25) is 5.02 Å². The Balaban J connectivity index is 1.01. The Labute approximate surface area is 262 Å². The van der Waals surface area contributed by atoms with Crippen LogP contribution in [-0.4, -0.2) is 77.1 Å². The third kappa shape index (κ3) is 5.64. The highest BCUT2D eigenvalue weighted by Gasteiger charge is 2.57. The van der Waals surface area contributed by atoms with E-state index in [0.717, 1.165) is 25.3 Å². The molecule has 3 fully saturated rings. The third-order valence-corrected chi connectivity index (χ3v) is 9.55. The van der Waals surface area contributed by atoms with Crippen molar-refractivity contribution in [3.05, 3.63) is 41.2 Å². The summed E-state index contributed by atoms with van der Waals surface area (Å²) < 4.78 is 61.0. The van der Waals surface area contributed by atoms with Crippen molar-refractivity contribution in [1.29, 1.82) is 0 Å². The molecule has 3 aromatic heterocycles. The second-order valence-corrected chi connectivity index (χ2v) is 13.5. The molecular weight excluding hydrogens is 613 g/mol. The molecule has 0 amide bonds. The minimum absolute atomic E-state index is 0.246. The number of nitrogens with zero attached hydrogens (tertiary/aromatic N) is 6. The fourth-order valence-corrected chi connectivity index (χ4v) is 7.31. The van der Waals surface area contributed by atoms with E-state index in [1.807, 2.05) is 18.4 Å². The molecule has 3 N–H and O–H groups in total. The lowest BCUT2D eigenvalue weighted by Crippen LogP contribution is -2.52. The van der Waals surface area contributed by atoms with Gasteiger partial charge in [0.1, 0.15) is 36.0 Å². The Kier molecular flexibility index (Phi) is 7.51. The molecule has 1 unspecified atom stereocenters. The Morgan fingerprint density at radius 2 is 1.91 bits per heavy atom. The molecule has 15 heteroatoms. The van der Waals surface area contributed by atoms with E-state index in [1.165, 1.54) is 12.4 Å². The topological polar surface area (TPSA) is 129 Å². The van der Waals surface area contributed by atoms with Gasteiger partial charge in [-0.1, -0.05) is 11.6 Å². The van der Waals surface area contributed by atoms with Gasteiger partial charge < -0.3 is 24.9 Å². The van der Waals surface area contributed by atoms with Crippen molar-refractivity contribution in [1.82, 2.24) is 34.4 Å². The summed E-state index contributed by atoms with van der Waals surface area (Å²) in [6.07, 6.45) is 0.749. The van der Waals surface area contributed by atoms with Crippen molar-refractivity contribution < 1.29 is 27.4 Å². The van der Waals surface area contributed by atoms with E-state index in [1.54, 1.807) is 6.33 Å². The molecule has 11 nitrogen and oxygen atoms in total. The van der Waals surface area contributed by atoms with Crippen LogP contribution >= 0.6 is 11.6 Å². The molecule has 7 rings (SSSR count). The SMILES string of the molecule is CC(C)N(C[C@H]1OC(n2cnc3c(N)ncnc32)[C@@H]2OC(C)(C)O[C@H]12)[C@H]1C[C@@H](CCc2nc3cc(Cl)c(C(F)(F)F)cc3[nH]2)C1. The average molecular weight is 649 g/mol. The van der Waals surface area contributed by atoms with Crippen molar-refractivity contribution in [3.63, 3.8) is 0 Å². The molecule has 1 aromatic carbocycles. The molecule has 242 valence electrons. The zero-order valence-electron chi connectivity index (χ0n) is 25.4. The zero-order chi connectivity index (χ0) is 31.8. The number of benzene rings is 1. The van der Waals surface area contributed by atoms with Gasteiger partial charge in [0.05, 0.1) is 27.9 Å². The highest BCUT2D eigenvalue weighted by molar-refractivity contribution is 6.32. The number of hydrogen-bond donors (Lipinski definition) is 2. The lowest BCUT2D eigenvalue weighted by molar-refractivity contribution is -0.199. The molecule has 2 aliphatic heterocycles. The number of anilines is 1. The lowest BCUT2D eigenvalue weighted by atomic mass is 9.76. The summed E-state index contributed by atoms with van der Waals surface area (Å²) in [7, 11) is 0. The first-order valence-electron chi connectivity index (χ1n) is 15.2. The number of hydrogen-bond acceptors (Lipinski definition) is 9. The van der Waals surface area contributed by atoms with Crippen LogP contribution in [-0.2, 0) is 26.8 Å². The summed E-state index contributed by atoms with van der Waals surface area (Å²) in [5.74, 6) is 0.692. The van der Waals surface area contributed by atoms with Crippen LogP contribution in [0.3, 0.4) is 0 Å². The van der Waals surface area contributed by atoms with Crippen molar-refractivity contribution >= 4 is 39.6 Å². The predicted octanol–water partition coefficient (Wildman–Crippen LogP) is 5.50. The number of aryl methyl sites for hydroxylation is 1. The van der Waals surface area contributed by atoms with Crippen LogP contribution in [0.5, 0.6) is 0 Å². The van der Waals surface area contributed by atoms with Crippen molar-refractivity contribution in [2.24, 2.45) is 5.92 Å². The quantitative estimate of drug-likeness (QED) is 0.255. The Morgan fingerprint density at radius 1 is 1.16 bits per heavy atom.